The third-order valence-corrected chi connectivity index (χ3v) is 12.0. The summed E-state index contributed by atoms with van der Waals surface area (Å²) in [6.45, 7) is 21.4. The Balaban J connectivity index is 3.70. The van der Waals surface area contributed by atoms with E-state index in [1.165, 1.54) is 0 Å². The molecule has 0 rings (SSSR count). The van der Waals surface area contributed by atoms with Crippen molar-refractivity contribution in [3.63, 3.8) is 0 Å². The maximum absolute atomic E-state index is 6.63. The fourth-order valence-corrected chi connectivity index (χ4v) is 13.5. The van der Waals surface area contributed by atoms with Gasteiger partial charge < -0.3 is 32.2 Å². The minimum absolute atomic E-state index is 0.577. The Kier molecular flexibility index (Phi) is 18.0. The van der Waals surface area contributed by atoms with Crippen LogP contribution in [0.25, 0.3) is 0 Å². The first-order valence-electron chi connectivity index (χ1n) is 11.6. The van der Waals surface area contributed by atoms with Gasteiger partial charge in [0, 0.05) is 13.7 Å². The molecular weight excluding hydrogens is 448 g/mol. The van der Waals surface area contributed by atoms with Gasteiger partial charge >= 0.3 is 0 Å². The van der Waals surface area contributed by atoms with E-state index in [9.17, 15) is 0 Å². The Morgan fingerprint density at radius 3 is 1.39 bits per heavy atom. The van der Waals surface area contributed by atoms with E-state index in [0.29, 0.717) is 52.9 Å². The van der Waals surface area contributed by atoms with E-state index in [1.807, 2.05) is 0 Å². The predicted octanol–water partition coefficient (Wildman–Crippen LogP) is 4.30. The Labute approximate surface area is 194 Å². The van der Waals surface area contributed by atoms with Crippen LogP contribution in [0.3, 0.4) is 0 Å². The summed E-state index contributed by atoms with van der Waals surface area (Å²) >= 11 is 0. The van der Waals surface area contributed by atoms with Gasteiger partial charge in [0.2, 0.25) is 8.32 Å². The van der Waals surface area contributed by atoms with Crippen LogP contribution in [0.4, 0.5) is 0 Å². The standard InChI is InChI=1S/C21H50O7Si3/c1-22-12-13-24-16-17-26-19-18-25-15-14-23-11-9-10-20-31(8,28-30(5,6)7)21-27-29(2,3)4/h9-21H2,1-8H3. The number of methoxy groups -OCH3 is 1. The monoisotopic (exact) mass is 498 g/mol. The van der Waals surface area contributed by atoms with Crippen LogP contribution < -0.4 is 0 Å². The molecule has 1 unspecified atom stereocenters. The molecule has 188 valence electrons. The average molecular weight is 499 g/mol. The molecule has 0 bridgehead atoms. The predicted molar refractivity (Wildman–Crippen MR) is 135 cm³/mol. The third kappa shape index (κ3) is 23.3. The molecule has 0 N–H and O–H groups in total. The van der Waals surface area contributed by atoms with Gasteiger partial charge in [-0.2, -0.15) is 0 Å². The lowest BCUT2D eigenvalue weighted by Gasteiger charge is -2.36. The van der Waals surface area contributed by atoms with Crippen LogP contribution in [0.2, 0.25) is 51.9 Å². The van der Waals surface area contributed by atoms with Gasteiger partial charge in [-0.25, -0.2) is 0 Å². The highest BCUT2D eigenvalue weighted by molar-refractivity contribution is 6.85. The molecule has 0 fully saturated rings. The van der Waals surface area contributed by atoms with Crippen molar-refractivity contribution in [2.45, 2.75) is 64.7 Å². The van der Waals surface area contributed by atoms with E-state index < -0.39 is 25.0 Å². The molecule has 1 atom stereocenters. The molecule has 0 saturated carbocycles. The molecule has 0 aliphatic heterocycles. The number of hydrogen-bond acceptors (Lipinski definition) is 7. The molecule has 0 saturated heterocycles. The number of rotatable bonds is 22. The van der Waals surface area contributed by atoms with Crippen molar-refractivity contribution in [1.82, 2.24) is 0 Å². The van der Waals surface area contributed by atoms with Gasteiger partial charge in [0.05, 0.1) is 59.1 Å². The second-order valence-electron chi connectivity index (χ2n) is 9.96. The van der Waals surface area contributed by atoms with Crippen LogP contribution in [0.15, 0.2) is 0 Å². The average Bonchev–Trinajstić information content (AvgIpc) is 2.64. The first kappa shape index (κ1) is 31.4. The number of unbranched alkanes of at least 4 members (excludes halogenated alkanes) is 1. The van der Waals surface area contributed by atoms with Crippen LogP contribution in [0.1, 0.15) is 12.8 Å². The largest absolute Gasteiger partial charge is 0.454 e. The molecule has 0 radical (unpaired) electrons. The Bertz CT molecular complexity index is 417. The Morgan fingerprint density at radius 2 is 0.968 bits per heavy atom. The lowest BCUT2D eigenvalue weighted by Crippen LogP contribution is -2.50. The molecule has 0 aliphatic carbocycles. The molecule has 0 spiro atoms. The van der Waals surface area contributed by atoms with Crippen molar-refractivity contribution in [1.29, 1.82) is 0 Å². The Morgan fingerprint density at radius 1 is 0.516 bits per heavy atom. The Hall–Kier alpha value is 0.371. The van der Waals surface area contributed by atoms with E-state index in [4.69, 9.17) is 32.2 Å². The molecule has 0 heterocycles. The van der Waals surface area contributed by atoms with Crippen molar-refractivity contribution in [2.75, 3.05) is 72.8 Å². The van der Waals surface area contributed by atoms with E-state index in [2.05, 4.69) is 45.8 Å². The van der Waals surface area contributed by atoms with Crippen LogP contribution in [0.5, 0.6) is 0 Å². The lowest BCUT2D eigenvalue weighted by molar-refractivity contribution is -0.00794. The normalized spacial score (nSPS) is 14.7. The summed E-state index contributed by atoms with van der Waals surface area (Å²) in [5, 5.41) is 0. The summed E-state index contributed by atoms with van der Waals surface area (Å²) < 4.78 is 39.8. The van der Waals surface area contributed by atoms with Crippen molar-refractivity contribution in [2.24, 2.45) is 0 Å². The van der Waals surface area contributed by atoms with Gasteiger partial charge in [-0.1, -0.05) is 6.42 Å². The van der Waals surface area contributed by atoms with Gasteiger partial charge in [0.15, 0.2) is 16.6 Å². The minimum Gasteiger partial charge on any atom is -0.454 e. The summed E-state index contributed by atoms with van der Waals surface area (Å²) in [4.78, 5) is 0. The van der Waals surface area contributed by atoms with Crippen LogP contribution >= 0.6 is 0 Å². The van der Waals surface area contributed by atoms with Gasteiger partial charge in [-0.3, -0.25) is 0 Å². The van der Waals surface area contributed by atoms with Crippen molar-refractivity contribution in [3.05, 3.63) is 0 Å². The van der Waals surface area contributed by atoms with Gasteiger partial charge in [0.1, 0.15) is 0 Å². The fraction of sp³-hybridized carbons (Fsp3) is 1.00. The first-order valence-corrected chi connectivity index (χ1v) is 21.3. The van der Waals surface area contributed by atoms with Gasteiger partial charge in [-0.05, 0) is 58.3 Å². The molecule has 10 heteroatoms. The highest BCUT2D eigenvalue weighted by atomic mass is 28.4. The van der Waals surface area contributed by atoms with Crippen molar-refractivity contribution in [3.8, 4) is 0 Å². The second-order valence-corrected chi connectivity index (χ2v) is 23.2. The fourth-order valence-electron chi connectivity index (χ4n) is 2.87. The van der Waals surface area contributed by atoms with Crippen LogP contribution in [-0.2, 0) is 32.2 Å². The first-order chi connectivity index (χ1) is 14.5. The summed E-state index contributed by atoms with van der Waals surface area (Å²) in [6, 6.07) is 1.13. The zero-order chi connectivity index (χ0) is 23.6. The molecule has 0 aromatic carbocycles. The smallest absolute Gasteiger partial charge is 0.201 e. The van der Waals surface area contributed by atoms with E-state index >= 15 is 0 Å². The van der Waals surface area contributed by atoms with E-state index in [0.717, 1.165) is 31.7 Å². The number of hydrogen-bond donors (Lipinski definition) is 0. The van der Waals surface area contributed by atoms with Crippen molar-refractivity contribution < 1.29 is 32.2 Å². The molecule has 7 nitrogen and oxygen atoms in total. The summed E-state index contributed by atoms with van der Waals surface area (Å²) in [7, 11) is -3.27. The SMILES string of the molecule is COCCOCCOCCOCCOCCCC[Si](C)(CO[Si](C)(C)C)O[Si](C)(C)C. The van der Waals surface area contributed by atoms with E-state index in [-0.39, 0.29) is 0 Å². The third-order valence-electron chi connectivity index (χ3n) is 4.16. The summed E-state index contributed by atoms with van der Waals surface area (Å²) in [5.41, 5.74) is 0. The maximum atomic E-state index is 6.63. The van der Waals surface area contributed by atoms with Gasteiger partial charge in [0.25, 0.3) is 0 Å². The highest BCUT2D eigenvalue weighted by Gasteiger charge is 2.35. The van der Waals surface area contributed by atoms with Crippen LogP contribution in [-0.4, -0.2) is 97.8 Å². The maximum Gasteiger partial charge on any atom is 0.201 e. The highest BCUT2D eigenvalue weighted by Crippen LogP contribution is 2.23. The number of ether oxygens (including phenoxy) is 5. The quantitative estimate of drug-likeness (QED) is 0.163. The van der Waals surface area contributed by atoms with E-state index in [1.54, 1.807) is 7.11 Å². The molecule has 0 amide bonds. The van der Waals surface area contributed by atoms with Gasteiger partial charge in [-0.15, -0.1) is 0 Å². The second kappa shape index (κ2) is 17.8. The lowest BCUT2D eigenvalue weighted by atomic mass is 10.4. The molecule has 31 heavy (non-hydrogen) atoms. The summed E-state index contributed by atoms with van der Waals surface area (Å²) in [5.74, 6) is 0. The molecule has 0 aromatic heterocycles. The topological polar surface area (TPSA) is 64.6 Å². The summed E-state index contributed by atoms with van der Waals surface area (Å²) in [6.07, 6.45) is 3.00. The zero-order valence-electron chi connectivity index (χ0n) is 21.6. The van der Waals surface area contributed by atoms with Crippen LogP contribution in [0, 0.1) is 0 Å². The molecule has 0 aliphatic rings. The zero-order valence-corrected chi connectivity index (χ0v) is 24.6. The van der Waals surface area contributed by atoms with Crippen molar-refractivity contribution >= 4 is 25.0 Å². The molecular formula is C21H50O7Si3. The minimum atomic E-state index is -1.84. The molecule has 0 aromatic rings.